The highest BCUT2D eigenvalue weighted by molar-refractivity contribution is 5.85. The number of hydrogen-bond donors (Lipinski definition) is 1. The van der Waals surface area contributed by atoms with Gasteiger partial charge in [-0.2, -0.15) is 0 Å². The van der Waals surface area contributed by atoms with Gasteiger partial charge in [0.2, 0.25) is 0 Å². The summed E-state index contributed by atoms with van der Waals surface area (Å²) in [5, 5.41) is 0. The van der Waals surface area contributed by atoms with Gasteiger partial charge in [-0.15, -0.1) is 12.4 Å². The van der Waals surface area contributed by atoms with Gasteiger partial charge in [0.15, 0.2) is 0 Å². The van der Waals surface area contributed by atoms with E-state index in [0.717, 1.165) is 0 Å². The summed E-state index contributed by atoms with van der Waals surface area (Å²) in [7, 11) is 0. The van der Waals surface area contributed by atoms with E-state index in [1.54, 1.807) is 0 Å². The topological polar surface area (TPSA) is 27.6 Å². The molecule has 56 valence electrons. The lowest BCUT2D eigenvalue weighted by molar-refractivity contribution is -0.420. The van der Waals surface area contributed by atoms with Crippen LogP contribution in [0.25, 0.3) is 0 Å². The smallest absolute Gasteiger partial charge is 0.107 e. The number of hydrogen-bond acceptors (Lipinski definition) is 0. The van der Waals surface area contributed by atoms with Crippen LogP contribution in [0.3, 0.4) is 0 Å². The summed E-state index contributed by atoms with van der Waals surface area (Å²) in [6.07, 6.45) is 0. The third-order valence-electron chi connectivity index (χ3n) is 1.37. The monoisotopic (exact) mass is 158 g/mol. The molecule has 0 saturated heterocycles. The number of benzene rings is 1. The van der Waals surface area contributed by atoms with Crippen LogP contribution in [0.2, 0.25) is 0 Å². The number of halogens is 1. The molecule has 1 aromatic carbocycles. The van der Waals surface area contributed by atoms with Gasteiger partial charge in [0.25, 0.3) is 0 Å². The van der Waals surface area contributed by atoms with Crippen LogP contribution in [0, 0.1) is 0 Å². The van der Waals surface area contributed by atoms with Gasteiger partial charge in [0.1, 0.15) is 6.04 Å². The minimum atomic E-state index is 0. The molecule has 3 N–H and O–H groups in total. The van der Waals surface area contributed by atoms with E-state index < -0.39 is 0 Å². The van der Waals surface area contributed by atoms with E-state index in [0.29, 0.717) is 6.04 Å². The molecule has 1 unspecified atom stereocenters. The summed E-state index contributed by atoms with van der Waals surface area (Å²) in [6.45, 7) is 2.09. The molecular formula is C8H13ClN+. The van der Waals surface area contributed by atoms with Crippen molar-refractivity contribution in [2.45, 2.75) is 13.0 Å². The average molecular weight is 159 g/mol. The Bertz CT molecular complexity index is 172. The summed E-state index contributed by atoms with van der Waals surface area (Å²) >= 11 is 0. The van der Waals surface area contributed by atoms with Crippen molar-refractivity contribution in [3.05, 3.63) is 35.9 Å². The molecule has 0 saturated carbocycles. The maximum atomic E-state index is 3.91. The highest BCUT2D eigenvalue weighted by Gasteiger charge is 1.97. The zero-order valence-corrected chi connectivity index (χ0v) is 6.90. The van der Waals surface area contributed by atoms with E-state index in [9.17, 15) is 0 Å². The zero-order valence-electron chi connectivity index (χ0n) is 6.08. The SMILES string of the molecule is CC([NH3+])c1ccccc1.Cl. The molecule has 1 aromatic rings. The Hall–Kier alpha value is -0.530. The van der Waals surface area contributed by atoms with E-state index in [1.165, 1.54) is 5.56 Å². The molecule has 0 aliphatic heterocycles. The molecular weight excluding hydrogens is 146 g/mol. The van der Waals surface area contributed by atoms with E-state index >= 15 is 0 Å². The maximum absolute atomic E-state index is 3.91. The molecule has 0 fully saturated rings. The first-order chi connectivity index (χ1) is 4.30. The lowest BCUT2D eigenvalue weighted by Gasteiger charge is -1.98. The van der Waals surface area contributed by atoms with Crippen LogP contribution >= 0.6 is 12.4 Å². The lowest BCUT2D eigenvalue weighted by atomic mass is 10.1. The normalized spacial score (nSPS) is 11.8. The molecule has 1 rings (SSSR count). The van der Waals surface area contributed by atoms with Crippen molar-refractivity contribution in [3.63, 3.8) is 0 Å². The summed E-state index contributed by atoms with van der Waals surface area (Å²) < 4.78 is 0. The number of rotatable bonds is 1. The Morgan fingerprint density at radius 1 is 1.20 bits per heavy atom. The summed E-state index contributed by atoms with van der Waals surface area (Å²) in [6, 6.07) is 10.7. The van der Waals surface area contributed by atoms with Crippen LogP contribution in [0.1, 0.15) is 18.5 Å². The van der Waals surface area contributed by atoms with E-state index in [1.807, 2.05) is 18.2 Å². The Morgan fingerprint density at radius 2 is 1.70 bits per heavy atom. The van der Waals surface area contributed by atoms with Crippen LogP contribution < -0.4 is 5.73 Å². The van der Waals surface area contributed by atoms with Crippen molar-refractivity contribution in [2.24, 2.45) is 0 Å². The van der Waals surface area contributed by atoms with Gasteiger partial charge >= 0.3 is 0 Å². The third kappa shape index (κ3) is 2.38. The Morgan fingerprint density at radius 3 is 2.00 bits per heavy atom. The Kier molecular flexibility index (Phi) is 4.08. The van der Waals surface area contributed by atoms with Crippen molar-refractivity contribution in [3.8, 4) is 0 Å². The summed E-state index contributed by atoms with van der Waals surface area (Å²) in [4.78, 5) is 0. The minimum Gasteiger partial charge on any atom is -0.352 e. The number of quaternary nitrogens is 1. The second kappa shape index (κ2) is 4.31. The van der Waals surface area contributed by atoms with Crippen LogP contribution in [0.5, 0.6) is 0 Å². The van der Waals surface area contributed by atoms with E-state index in [-0.39, 0.29) is 12.4 Å². The average Bonchev–Trinajstić information content (AvgIpc) is 1.90. The van der Waals surface area contributed by atoms with Gasteiger partial charge in [0, 0.05) is 5.56 Å². The van der Waals surface area contributed by atoms with Gasteiger partial charge in [-0.25, -0.2) is 0 Å². The first-order valence-electron chi connectivity index (χ1n) is 3.18. The fourth-order valence-corrected chi connectivity index (χ4v) is 0.782. The van der Waals surface area contributed by atoms with Crippen molar-refractivity contribution >= 4 is 12.4 Å². The van der Waals surface area contributed by atoms with Crippen LogP contribution in [0.15, 0.2) is 30.3 Å². The van der Waals surface area contributed by atoms with Gasteiger partial charge in [0.05, 0.1) is 0 Å². The molecule has 0 bridgehead atoms. The molecule has 0 spiro atoms. The second-order valence-corrected chi connectivity index (χ2v) is 2.31. The summed E-state index contributed by atoms with van der Waals surface area (Å²) in [5.41, 5.74) is 5.21. The standard InChI is InChI=1S/C8H11N.ClH/c1-7(9)8-5-3-2-4-6-8;/h2-7H,9H2,1H3;1H/p+1. The molecule has 0 aromatic heterocycles. The molecule has 2 heteroatoms. The molecule has 0 aliphatic rings. The van der Waals surface area contributed by atoms with E-state index in [2.05, 4.69) is 24.8 Å². The van der Waals surface area contributed by atoms with Gasteiger partial charge < -0.3 is 5.73 Å². The Labute approximate surface area is 67.7 Å². The molecule has 1 atom stereocenters. The molecule has 10 heavy (non-hydrogen) atoms. The van der Waals surface area contributed by atoms with Gasteiger partial charge in [-0.1, -0.05) is 30.3 Å². The molecule has 1 nitrogen and oxygen atoms in total. The predicted molar refractivity (Wildman–Crippen MR) is 45.0 cm³/mol. The maximum Gasteiger partial charge on any atom is 0.107 e. The van der Waals surface area contributed by atoms with Crippen molar-refractivity contribution in [1.29, 1.82) is 0 Å². The van der Waals surface area contributed by atoms with Gasteiger partial charge in [-0.05, 0) is 6.92 Å². The predicted octanol–water partition coefficient (Wildman–Crippen LogP) is 1.41. The third-order valence-corrected chi connectivity index (χ3v) is 1.37. The van der Waals surface area contributed by atoms with Crippen molar-refractivity contribution in [1.82, 2.24) is 0 Å². The molecule has 0 heterocycles. The second-order valence-electron chi connectivity index (χ2n) is 2.31. The molecule has 0 aliphatic carbocycles. The highest BCUT2D eigenvalue weighted by Crippen LogP contribution is 2.04. The zero-order chi connectivity index (χ0) is 6.69. The fraction of sp³-hybridized carbons (Fsp3) is 0.250. The van der Waals surface area contributed by atoms with Crippen LogP contribution in [0.4, 0.5) is 0 Å². The van der Waals surface area contributed by atoms with Gasteiger partial charge in [-0.3, -0.25) is 0 Å². The first kappa shape index (κ1) is 9.47. The Balaban J connectivity index is 0.000000810. The molecule has 0 radical (unpaired) electrons. The quantitative estimate of drug-likeness (QED) is 0.640. The van der Waals surface area contributed by atoms with Crippen LogP contribution in [-0.4, -0.2) is 0 Å². The highest BCUT2D eigenvalue weighted by atomic mass is 35.5. The molecule has 0 amide bonds. The van der Waals surface area contributed by atoms with E-state index in [4.69, 9.17) is 0 Å². The summed E-state index contributed by atoms with van der Waals surface area (Å²) in [5.74, 6) is 0. The fourth-order valence-electron chi connectivity index (χ4n) is 0.782. The van der Waals surface area contributed by atoms with Crippen LogP contribution in [-0.2, 0) is 0 Å². The first-order valence-corrected chi connectivity index (χ1v) is 3.18. The van der Waals surface area contributed by atoms with Crippen molar-refractivity contribution < 1.29 is 5.73 Å². The largest absolute Gasteiger partial charge is 0.352 e. The van der Waals surface area contributed by atoms with Crippen molar-refractivity contribution in [2.75, 3.05) is 0 Å². The minimum absolute atomic E-state index is 0. The lowest BCUT2D eigenvalue weighted by Crippen LogP contribution is -2.51.